The second kappa shape index (κ2) is 4.66. The monoisotopic (exact) mass is 223 g/mol. The quantitative estimate of drug-likeness (QED) is 0.791. The molecule has 0 aromatic rings. The molecule has 1 N–H and O–H groups in total. The summed E-state index contributed by atoms with van der Waals surface area (Å²) in [6.07, 6.45) is 12.9. The first-order chi connectivity index (χ1) is 7.86. The molecular formula is C14H25NO. The molecule has 1 aliphatic heterocycles. The van der Waals surface area contributed by atoms with E-state index in [1.54, 1.807) is 0 Å². The van der Waals surface area contributed by atoms with Crippen LogP contribution in [0.5, 0.6) is 0 Å². The highest BCUT2D eigenvalue weighted by atomic mass is 16.5. The summed E-state index contributed by atoms with van der Waals surface area (Å²) >= 11 is 0. The molecule has 0 aromatic carbocycles. The second-order valence-electron chi connectivity index (χ2n) is 6.12. The van der Waals surface area contributed by atoms with Crippen molar-refractivity contribution in [2.24, 2.45) is 5.92 Å². The van der Waals surface area contributed by atoms with Gasteiger partial charge in [-0.3, -0.25) is 0 Å². The Morgan fingerprint density at radius 1 is 0.938 bits per heavy atom. The molecule has 2 saturated carbocycles. The molecule has 1 spiro atoms. The number of ether oxygens (including phenoxy) is 1. The van der Waals surface area contributed by atoms with Crippen molar-refractivity contribution in [3.63, 3.8) is 0 Å². The Hall–Kier alpha value is -0.0800. The SMILES string of the molecule is C1CC(CNCC2CCC3(CCCC3)O2)C1. The van der Waals surface area contributed by atoms with E-state index in [4.69, 9.17) is 4.74 Å². The molecule has 3 fully saturated rings. The maximum absolute atomic E-state index is 6.28. The van der Waals surface area contributed by atoms with Gasteiger partial charge in [0.15, 0.2) is 0 Å². The molecule has 92 valence electrons. The standard InChI is InChI=1S/C14H25NO/c1-2-8-14(7-1)9-6-13(16-14)11-15-10-12-4-3-5-12/h12-13,15H,1-11H2. The minimum atomic E-state index is 0.322. The second-order valence-corrected chi connectivity index (χ2v) is 6.12. The van der Waals surface area contributed by atoms with Gasteiger partial charge in [0.25, 0.3) is 0 Å². The van der Waals surface area contributed by atoms with Crippen LogP contribution < -0.4 is 5.32 Å². The molecule has 0 bridgehead atoms. The van der Waals surface area contributed by atoms with Gasteiger partial charge < -0.3 is 10.1 Å². The molecule has 0 radical (unpaired) electrons. The predicted molar refractivity (Wildman–Crippen MR) is 65.5 cm³/mol. The van der Waals surface area contributed by atoms with Gasteiger partial charge in [-0.15, -0.1) is 0 Å². The predicted octanol–water partition coefficient (Wildman–Crippen LogP) is 2.87. The summed E-state index contributed by atoms with van der Waals surface area (Å²) in [5.41, 5.74) is 0.322. The largest absolute Gasteiger partial charge is 0.370 e. The average molecular weight is 223 g/mol. The fourth-order valence-electron chi connectivity index (χ4n) is 3.57. The first-order valence-electron chi connectivity index (χ1n) is 7.25. The van der Waals surface area contributed by atoms with Gasteiger partial charge in [0, 0.05) is 6.54 Å². The zero-order valence-corrected chi connectivity index (χ0v) is 10.3. The van der Waals surface area contributed by atoms with Crippen molar-refractivity contribution in [2.75, 3.05) is 13.1 Å². The van der Waals surface area contributed by atoms with E-state index in [1.165, 1.54) is 64.3 Å². The molecule has 0 aromatic heterocycles. The van der Waals surface area contributed by atoms with Crippen LogP contribution in [0.15, 0.2) is 0 Å². The normalized spacial score (nSPS) is 33.4. The van der Waals surface area contributed by atoms with Crippen LogP contribution in [0.1, 0.15) is 57.8 Å². The Labute approximate surface area is 99.1 Å². The number of hydrogen-bond acceptors (Lipinski definition) is 2. The summed E-state index contributed by atoms with van der Waals surface area (Å²) in [6, 6.07) is 0. The summed E-state index contributed by atoms with van der Waals surface area (Å²) in [4.78, 5) is 0. The molecular weight excluding hydrogens is 198 g/mol. The lowest BCUT2D eigenvalue weighted by molar-refractivity contribution is -0.0354. The molecule has 16 heavy (non-hydrogen) atoms. The maximum atomic E-state index is 6.28. The highest BCUT2D eigenvalue weighted by molar-refractivity contribution is 4.93. The minimum absolute atomic E-state index is 0.322. The van der Waals surface area contributed by atoms with E-state index >= 15 is 0 Å². The highest BCUT2D eigenvalue weighted by Gasteiger charge is 2.41. The summed E-state index contributed by atoms with van der Waals surface area (Å²) in [7, 11) is 0. The summed E-state index contributed by atoms with van der Waals surface area (Å²) in [5, 5.41) is 3.61. The van der Waals surface area contributed by atoms with Crippen molar-refractivity contribution in [2.45, 2.75) is 69.5 Å². The summed E-state index contributed by atoms with van der Waals surface area (Å²) in [5.74, 6) is 0.974. The van der Waals surface area contributed by atoms with Gasteiger partial charge in [0.1, 0.15) is 0 Å². The fourth-order valence-corrected chi connectivity index (χ4v) is 3.57. The fraction of sp³-hybridized carbons (Fsp3) is 1.00. The summed E-state index contributed by atoms with van der Waals surface area (Å²) in [6.45, 7) is 2.32. The molecule has 1 saturated heterocycles. The van der Waals surface area contributed by atoms with Crippen LogP contribution in [0.4, 0.5) is 0 Å². The maximum Gasteiger partial charge on any atom is 0.0708 e. The van der Waals surface area contributed by atoms with Crippen LogP contribution >= 0.6 is 0 Å². The van der Waals surface area contributed by atoms with Crippen LogP contribution in [0.2, 0.25) is 0 Å². The van der Waals surface area contributed by atoms with Crippen molar-refractivity contribution < 1.29 is 4.74 Å². The Morgan fingerprint density at radius 3 is 2.44 bits per heavy atom. The van der Waals surface area contributed by atoms with Gasteiger partial charge in [-0.05, 0) is 51.0 Å². The summed E-state index contributed by atoms with van der Waals surface area (Å²) < 4.78 is 6.28. The van der Waals surface area contributed by atoms with E-state index < -0.39 is 0 Å². The number of rotatable bonds is 4. The molecule has 2 aliphatic carbocycles. The molecule has 2 heteroatoms. The van der Waals surface area contributed by atoms with Gasteiger partial charge in [0.2, 0.25) is 0 Å². The Balaban J connectivity index is 1.36. The number of nitrogens with one attached hydrogen (secondary N) is 1. The van der Waals surface area contributed by atoms with E-state index in [-0.39, 0.29) is 0 Å². The van der Waals surface area contributed by atoms with Gasteiger partial charge in [-0.25, -0.2) is 0 Å². The van der Waals surface area contributed by atoms with Crippen LogP contribution in [0.25, 0.3) is 0 Å². The Kier molecular flexibility index (Phi) is 3.21. The lowest BCUT2D eigenvalue weighted by Crippen LogP contribution is -2.34. The van der Waals surface area contributed by atoms with Crippen molar-refractivity contribution in [1.29, 1.82) is 0 Å². The van der Waals surface area contributed by atoms with Gasteiger partial charge >= 0.3 is 0 Å². The van der Waals surface area contributed by atoms with Crippen molar-refractivity contribution >= 4 is 0 Å². The van der Waals surface area contributed by atoms with Gasteiger partial charge in [-0.2, -0.15) is 0 Å². The van der Waals surface area contributed by atoms with Crippen LogP contribution in [-0.4, -0.2) is 24.8 Å². The molecule has 1 heterocycles. The minimum Gasteiger partial charge on any atom is -0.370 e. The average Bonchev–Trinajstić information content (AvgIpc) is 2.82. The molecule has 1 unspecified atom stereocenters. The van der Waals surface area contributed by atoms with Crippen LogP contribution in [-0.2, 0) is 4.74 Å². The first kappa shape index (κ1) is 11.0. The lowest BCUT2D eigenvalue weighted by atomic mass is 9.85. The van der Waals surface area contributed by atoms with Crippen LogP contribution in [0.3, 0.4) is 0 Å². The van der Waals surface area contributed by atoms with Crippen molar-refractivity contribution in [1.82, 2.24) is 5.32 Å². The Bertz CT molecular complexity index is 231. The van der Waals surface area contributed by atoms with Crippen molar-refractivity contribution in [3.8, 4) is 0 Å². The third-order valence-electron chi connectivity index (χ3n) is 4.88. The Morgan fingerprint density at radius 2 is 1.75 bits per heavy atom. The van der Waals surface area contributed by atoms with E-state index in [9.17, 15) is 0 Å². The third-order valence-corrected chi connectivity index (χ3v) is 4.88. The molecule has 1 atom stereocenters. The lowest BCUT2D eigenvalue weighted by Gasteiger charge is -2.27. The van der Waals surface area contributed by atoms with Crippen molar-refractivity contribution in [3.05, 3.63) is 0 Å². The number of hydrogen-bond donors (Lipinski definition) is 1. The molecule has 3 aliphatic rings. The van der Waals surface area contributed by atoms with E-state index in [2.05, 4.69) is 5.32 Å². The highest BCUT2D eigenvalue weighted by Crippen LogP contribution is 2.43. The molecule has 2 nitrogen and oxygen atoms in total. The smallest absolute Gasteiger partial charge is 0.0708 e. The zero-order chi connectivity index (χ0) is 10.8. The zero-order valence-electron chi connectivity index (χ0n) is 10.3. The topological polar surface area (TPSA) is 21.3 Å². The van der Waals surface area contributed by atoms with E-state index in [0.29, 0.717) is 11.7 Å². The van der Waals surface area contributed by atoms with E-state index in [0.717, 1.165) is 12.5 Å². The molecule has 3 rings (SSSR count). The van der Waals surface area contributed by atoms with E-state index in [1.807, 2.05) is 0 Å². The first-order valence-corrected chi connectivity index (χ1v) is 7.25. The molecule has 0 amide bonds. The van der Waals surface area contributed by atoms with Gasteiger partial charge in [0.05, 0.1) is 11.7 Å². The third kappa shape index (κ3) is 2.28. The van der Waals surface area contributed by atoms with Gasteiger partial charge in [-0.1, -0.05) is 19.3 Å². The van der Waals surface area contributed by atoms with Crippen LogP contribution in [0, 0.1) is 5.92 Å².